The number of hydrogen-bond acceptors (Lipinski definition) is 5. The van der Waals surface area contributed by atoms with Gasteiger partial charge in [-0.05, 0) is 13.0 Å². The van der Waals surface area contributed by atoms with Crippen molar-refractivity contribution in [2.75, 3.05) is 0 Å². The second-order valence-corrected chi connectivity index (χ2v) is 4.31. The number of nitrogens with zero attached hydrogens (tertiary/aromatic N) is 1. The van der Waals surface area contributed by atoms with Crippen LogP contribution in [0.5, 0.6) is 0 Å². The summed E-state index contributed by atoms with van der Waals surface area (Å²) >= 11 is 1.11. The third-order valence-electron chi connectivity index (χ3n) is 2.31. The molecule has 2 aromatic heterocycles. The summed E-state index contributed by atoms with van der Waals surface area (Å²) in [5.41, 5.74) is 2.42. The highest BCUT2D eigenvalue weighted by atomic mass is 32.1. The van der Waals surface area contributed by atoms with Gasteiger partial charge in [0.15, 0.2) is 0 Å². The Morgan fingerprint density at radius 3 is 3.00 bits per heavy atom. The third-order valence-corrected chi connectivity index (χ3v) is 3.01. The summed E-state index contributed by atoms with van der Waals surface area (Å²) in [6.45, 7) is 1.98. The molecule has 1 amide bonds. The Hall–Kier alpha value is -1.86. The standard InChI is InChI=1S/C10H11N3O3S/c1-6-8(9(14)12-11)4-7(16-6)5-13-2-3-17-10(13)15/h2-4H,5,11H2,1H3,(H,12,14). The number of thiazole rings is 1. The van der Waals surface area contributed by atoms with Crippen molar-refractivity contribution in [3.63, 3.8) is 0 Å². The summed E-state index contributed by atoms with van der Waals surface area (Å²) in [5, 5.41) is 1.70. The van der Waals surface area contributed by atoms with E-state index in [1.165, 1.54) is 4.57 Å². The molecular formula is C10H11N3O3S. The van der Waals surface area contributed by atoms with Crippen molar-refractivity contribution >= 4 is 17.2 Å². The smallest absolute Gasteiger partial charge is 0.307 e. The van der Waals surface area contributed by atoms with Crippen LogP contribution in [0.2, 0.25) is 0 Å². The number of carbonyl (C=O) groups is 1. The molecule has 6 nitrogen and oxygen atoms in total. The maximum absolute atomic E-state index is 11.4. The first kappa shape index (κ1) is 11.6. The van der Waals surface area contributed by atoms with Crippen LogP contribution in [0.3, 0.4) is 0 Å². The lowest BCUT2D eigenvalue weighted by Gasteiger charge is -1.95. The molecular weight excluding hydrogens is 242 g/mol. The van der Waals surface area contributed by atoms with Crippen LogP contribution in [0.1, 0.15) is 21.9 Å². The lowest BCUT2D eigenvalue weighted by Crippen LogP contribution is -2.30. The molecule has 7 heteroatoms. The minimum absolute atomic E-state index is 0.0659. The van der Waals surface area contributed by atoms with Crippen LogP contribution in [0, 0.1) is 6.92 Å². The van der Waals surface area contributed by atoms with Gasteiger partial charge in [-0.25, -0.2) is 5.84 Å². The Labute approximate surface area is 101 Å². The topological polar surface area (TPSA) is 90.3 Å². The van der Waals surface area contributed by atoms with Crippen molar-refractivity contribution in [1.82, 2.24) is 9.99 Å². The Balaban J connectivity index is 2.27. The summed E-state index contributed by atoms with van der Waals surface area (Å²) < 4.78 is 6.90. The van der Waals surface area contributed by atoms with Crippen LogP contribution < -0.4 is 16.1 Å². The van der Waals surface area contributed by atoms with Crippen LogP contribution in [0.4, 0.5) is 0 Å². The summed E-state index contributed by atoms with van der Waals surface area (Å²) in [5.74, 6) is 5.66. The van der Waals surface area contributed by atoms with Gasteiger partial charge in [0.25, 0.3) is 5.91 Å². The molecule has 0 aliphatic carbocycles. The van der Waals surface area contributed by atoms with E-state index in [0.717, 1.165) is 11.3 Å². The highest BCUT2D eigenvalue weighted by molar-refractivity contribution is 7.07. The van der Waals surface area contributed by atoms with Gasteiger partial charge in [-0.2, -0.15) is 0 Å². The first-order chi connectivity index (χ1) is 8.11. The van der Waals surface area contributed by atoms with E-state index in [9.17, 15) is 9.59 Å². The second-order valence-electron chi connectivity index (χ2n) is 3.45. The molecule has 0 saturated heterocycles. The van der Waals surface area contributed by atoms with Gasteiger partial charge < -0.3 is 4.42 Å². The van der Waals surface area contributed by atoms with Gasteiger partial charge in [-0.15, -0.1) is 0 Å². The number of amides is 1. The van der Waals surface area contributed by atoms with Crippen molar-refractivity contribution in [2.45, 2.75) is 13.5 Å². The minimum atomic E-state index is -0.407. The van der Waals surface area contributed by atoms with Gasteiger partial charge in [0.05, 0.1) is 12.1 Å². The normalized spacial score (nSPS) is 10.5. The SMILES string of the molecule is Cc1oc(Cn2ccsc2=O)cc1C(=O)NN. The van der Waals surface area contributed by atoms with Gasteiger partial charge in [0.2, 0.25) is 0 Å². The molecule has 2 rings (SSSR count). The molecule has 0 unspecified atom stereocenters. The molecule has 0 fully saturated rings. The molecule has 3 N–H and O–H groups in total. The number of rotatable bonds is 3. The Bertz CT molecular complexity index is 596. The van der Waals surface area contributed by atoms with Gasteiger partial charge in [0.1, 0.15) is 11.5 Å². The quantitative estimate of drug-likeness (QED) is 0.472. The van der Waals surface area contributed by atoms with E-state index in [4.69, 9.17) is 10.3 Å². The van der Waals surface area contributed by atoms with Crippen molar-refractivity contribution in [2.24, 2.45) is 5.84 Å². The third kappa shape index (κ3) is 2.29. The monoisotopic (exact) mass is 253 g/mol. The fraction of sp³-hybridized carbons (Fsp3) is 0.200. The first-order valence-electron chi connectivity index (χ1n) is 4.86. The summed E-state index contributed by atoms with van der Waals surface area (Å²) in [6.07, 6.45) is 1.67. The zero-order valence-corrected chi connectivity index (χ0v) is 9.91. The number of carbonyl (C=O) groups excluding carboxylic acids is 1. The van der Waals surface area contributed by atoms with E-state index in [1.54, 1.807) is 24.6 Å². The molecule has 17 heavy (non-hydrogen) atoms. The zero-order valence-electron chi connectivity index (χ0n) is 9.10. The molecule has 0 atom stereocenters. The highest BCUT2D eigenvalue weighted by Crippen LogP contribution is 2.15. The maximum atomic E-state index is 11.4. The number of hydrogen-bond donors (Lipinski definition) is 2. The Morgan fingerprint density at radius 1 is 1.65 bits per heavy atom. The molecule has 0 saturated carbocycles. The number of furan rings is 1. The van der Waals surface area contributed by atoms with Gasteiger partial charge in [-0.1, -0.05) is 11.3 Å². The predicted octanol–water partition coefficient (Wildman–Crippen LogP) is 0.463. The molecule has 2 aromatic rings. The molecule has 0 spiro atoms. The van der Waals surface area contributed by atoms with E-state index in [2.05, 4.69) is 0 Å². The average Bonchev–Trinajstić information content (AvgIpc) is 2.86. The lowest BCUT2D eigenvalue weighted by atomic mass is 10.2. The number of nitrogen functional groups attached to an aromatic ring is 1. The summed E-state index contributed by atoms with van der Waals surface area (Å²) in [4.78, 5) is 22.6. The van der Waals surface area contributed by atoms with Gasteiger partial charge in [-0.3, -0.25) is 19.6 Å². The van der Waals surface area contributed by atoms with Gasteiger partial charge >= 0.3 is 4.87 Å². The van der Waals surface area contributed by atoms with Gasteiger partial charge in [0, 0.05) is 11.6 Å². The first-order valence-corrected chi connectivity index (χ1v) is 5.74. The number of nitrogens with one attached hydrogen (secondary N) is 1. The largest absolute Gasteiger partial charge is 0.464 e. The molecule has 0 aliphatic rings. The van der Waals surface area contributed by atoms with Crippen molar-refractivity contribution < 1.29 is 9.21 Å². The van der Waals surface area contributed by atoms with Crippen LogP contribution in [0.15, 0.2) is 26.9 Å². The van der Waals surface area contributed by atoms with Crippen LogP contribution >= 0.6 is 11.3 Å². The van der Waals surface area contributed by atoms with Crippen molar-refractivity contribution in [1.29, 1.82) is 0 Å². The minimum Gasteiger partial charge on any atom is -0.464 e. The highest BCUT2D eigenvalue weighted by Gasteiger charge is 2.14. The number of aryl methyl sites for hydroxylation is 1. The summed E-state index contributed by atoms with van der Waals surface area (Å²) in [6, 6.07) is 1.58. The van der Waals surface area contributed by atoms with E-state index in [0.29, 0.717) is 23.6 Å². The molecule has 0 aliphatic heterocycles. The second kappa shape index (κ2) is 4.56. The van der Waals surface area contributed by atoms with Crippen LogP contribution in [-0.2, 0) is 6.54 Å². The molecule has 2 heterocycles. The van der Waals surface area contributed by atoms with E-state index >= 15 is 0 Å². The number of nitrogens with two attached hydrogens (primary N) is 1. The molecule has 90 valence electrons. The van der Waals surface area contributed by atoms with E-state index < -0.39 is 5.91 Å². The molecule has 0 bridgehead atoms. The van der Waals surface area contributed by atoms with E-state index in [-0.39, 0.29) is 4.87 Å². The fourth-order valence-corrected chi connectivity index (χ4v) is 2.09. The van der Waals surface area contributed by atoms with Crippen LogP contribution in [0.25, 0.3) is 0 Å². The van der Waals surface area contributed by atoms with Crippen molar-refractivity contribution in [3.8, 4) is 0 Å². The average molecular weight is 253 g/mol. The molecule has 0 aromatic carbocycles. The van der Waals surface area contributed by atoms with Crippen molar-refractivity contribution in [3.05, 3.63) is 44.4 Å². The summed E-state index contributed by atoms with van der Waals surface area (Å²) in [7, 11) is 0. The Morgan fingerprint density at radius 2 is 2.41 bits per heavy atom. The number of hydrazine groups is 1. The fourth-order valence-electron chi connectivity index (χ4n) is 1.50. The predicted molar refractivity (Wildman–Crippen MR) is 62.8 cm³/mol. The maximum Gasteiger partial charge on any atom is 0.307 e. The van der Waals surface area contributed by atoms with E-state index in [1.807, 2.05) is 5.43 Å². The Kier molecular flexibility index (Phi) is 3.12. The zero-order chi connectivity index (χ0) is 12.4. The lowest BCUT2D eigenvalue weighted by molar-refractivity contribution is 0.0952. The molecule has 0 radical (unpaired) electrons. The van der Waals surface area contributed by atoms with Crippen LogP contribution in [-0.4, -0.2) is 10.5 Å². The number of aromatic nitrogens is 1.